The first-order valence-electron chi connectivity index (χ1n) is 7.46. The first-order valence-corrected chi connectivity index (χ1v) is 7.90. The van der Waals surface area contributed by atoms with E-state index < -0.39 is 0 Å². The molecule has 0 atom stereocenters. The van der Waals surface area contributed by atoms with Gasteiger partial charge in [-0.3, -0.25) is 0 Å². The number of aryl methyl sites for hydroxylation is 1. The van der Waals surface area contributed by atoms with E-state index >= 15 is 0 Å². The number of hydrogen-bond donors (Lipinski definition) is 1. The summed E-state index contributed by atoms with van der Waals surface area (Å²) in [5.41, 5.74) is 6.36. The number of hydrogen-bond acceptors (Lipinski definition) is 2. The summed E-state index contributed by atoms with van der Waals surface area (Å²) in [5.74, 6) is 0. The van der Waals surface area contributed by atoms with Crippen molar-refractivity contribution in [2.75, 3.05) is 11.4 Å². The Labute approximate surface area is 132 Å². The van der Waals surface area contributed by atoms with Gasteiger partial charge in [0.15, 0.2) is 0 Å². The van der Waals surface area contributed by atoms with Gasteiger partial charge in [-0.2, -0.15) is 0 Å². The van der Waals surface area contributed by atoms with E-state index in [2.05, 4.69) is 66.6 Å². The van der Waals surface area contributed by atoms with Crippen molar-refractivity contribution in [3.8, 4) is 0 Å². The molecule has 2 aromatic carbocycles. The molecule has 0 amide bonds. The molecular formula is C19H21NS. The van der Waals surface area contributed by atoms with Crippen LogP contribution in [0.4, 0.5) is 5.69 Å². The van der Waals surface area contributed by atoms with Crippen molar-refractivity contribution in [3.63, 3.8) is 0 Å². The first-order chi connectivity index (χ1) is 10.1. The lowest BCUT2D eigenvalue weighted by molar-refractivity contribution is 0.689. The summed E-state index contributed by atoms with van der Waals surface area (Å²) in [6, 6.07) is 15.2. The molecule has 0 saturated carbocycles. The molecule has 21 heavy (non-hydrogen) atoms. The van der Waals surface area contributed by atoms with Gasteiger partial charge in [0.2, 0.25) is 0 Å². The summed E-state index contributed by atoms with van der Waals surface area (Å²) < 4.78 is 0. The lowest BCUT2D eigenvalue weighted by Crippen LogP contribution is -2.29. The molecule has 1 aliphatic rings. The zero-order valence-corrected chi connectivity index (χ0v) is 13.4. The summed E-state index contributed by atoms with van der Waals surface area (Å²) in [7, 11) is 0. The Hall–Kier alpha value is -1.67. The molecule has 108 valence electrons. The van der Waals surface area contributed by atoms with E-state index in [9.17, 15) is 0 Å². The van der Waals surface area contributed by atoms with Gasteiger partial charge in [0.05, 0.1) is 0 Å². The fourth-order valence-corrected chi connectivity index (χ4v) is 3.42. The maximum atomic E-state index is 4.62. The SMILES string of the molecule is C=C(C)c1cc2c(cc1S)CCCN2Cc1ccccc1. The fourth-order valence-electron chi connectivity index (χ4n) is 3.01. The summed E-state index contributed by atoms with van der Waals surface area (Å²) in [4.78, 5) is 3.52. The van der Waals surface area contributed by atoms with Crippen molar-refractivity contribution in [1.29, 1.82) is 0 Å². The van der Waals surface area contributed by atoms with Crippen molar-refractivity contribution in [1.82, 2.24) is 0 Å². The van der Waals surface area contributed by atoms with E-state index in [1.165, 1.54) is 23.2 Å². The number of anilines is 1. The van der Waals surface area contributed by atoms with Crippen LogP contribution in [-0.2, 0) is 13.0 Å². The maximum absolute atomic E-state index is 4.62. The van der Waals surface area contributed by atoms with E-state index in [0.717, 1.165) is 35.5 Å². The van der Waals surface area contributed by atoms with Crippen molar-refractivity contribution in [2.24, 2.45) is 0 Å². The average molecular weight is 295 g/mol. The van der Waals surface area contributed by atoms with Gasteiger partial charge in [0.1, 0.15) is 0 Å². The van der Waals surface area contributed by atoms with E-state index in [1.54, 1.807) is 0 Å². The van der Waals surface area contributed by atoms with Crippen molar-refractivity contribution >= 4 is 23.9 Å². The van der Waals surface area contributed by atoms with Gasteiger partial charge >= 0.3 is 0 Å². The summed E-state index contributed by atoms with van der Waals surface area (Å²) in [5, 5.41) is 0. The second kappa shape index (κ2) is 5.98. The molecule has 1 heterocycles. The topological polar surface area (TPSA) is 3.24 Å². The number of fused-ring (bicyclic) bond motifs is 1. The molecule has 0 aliphatic carbocycles. The highest BCUT2D eigenvalue weighted by molar-refractivity contribution is 7.80. The Morgan fingerprint density at radius 3 is 2.71 bits per heavy atom. The molecule has 2 heteroatoms. The standard InChI is InChI=1S/C19H21NS/c1-14(2)17-12-18-16(11-19(17)21)9-6-10-20(18)13-15-7-4-3-5-8-15/h3-5,7-8,11-12,21H,1,6,9-10,13H2,2H3. The van der Waals surface area contributed by atoms with Gasteiger partial charge in [0, 0.05) is 23.7 Å². The maximum Gasteiger partial charge on any atom is 0.0429 e. The number of allylic oxidation sites excluding steroid dienone is 1. The van der Waals surface area contributed by atoms with Gasteiger partial charge in [-0.1, -0.05) is 36.9 Å². The molecule has 1 aliphatic heterocycles. The number of benzene rings is 2. The number of nitrogens with zero attached hydrogens (tertiary/aromatic N) is 1. The van der Waals surface area contributed by atoms with Crippen LogP contribution in [0.2, 0.25) is 0 Å². The Balaban J connectivity index is 1.97. The second-order valence-electron chi connectivity index (χ2n) is 5.79. The van der Waals surface area contributed by atoms with Crippen LogP contribution >= 0.6 is 12.6 Å². The number of rotatable bonds is 3. The molecule has 0 N–H and O–H groups in total. The third kappa shape index (κ3) is 3.01. The lowest BCUT2D eigenvalue weighted by atomic mass is 9.97. The monoisotopic (exact) mass is 295 g/mol. The van der Waals surface area contributed by atoms with Crippen LogP contribution in [0.1, 0.15) is 30.0 Å². The van der Waals surface area contributed by atoms with Crippen LogP contribution in [-0.4, -0.2) is 6.54 Å². The van der Waals surface area contributed by atoms with Crippen molar-refractivity contribution in [2.45, 2.75) is 31.2 Å². The molecule has 0 spiro atoms. The zero-order chi connectivity index (χ0) is 14.8. The van der Waals surface area contributed by atoms with Crippen molar-refractivity contribution < 1.29 is 0 Å². The van der Waals surface area contributed by atoms with Crippen molar-refractivity contribution in [3.05, 3.63) is 65.7 Å². The predicted molar refractivity (Wildman–Crippen MR) is 94.2 cm³/mol. The molecule has 3 rings (SSSR count). The third-order valence-electron chi connectivity index (χ3n) is 4.09. The first kappa shape index (κ1) is 14.3. The van der Waals surface area contributed by atoms with Crippen LogP contribution in [0.5, 0.6) is 0 Å². The van der Waals surface area contributed by atoms with Crippen LogP contribution in [0, 0.1) is 0 Å². The molecule has 0 fully saturated rings. The largest absolute Gasteiger partial charge is 0.367 e. The minimum Gasteiger partial charge on any atom is -0.367 e. The highest BCUT2D eigenvalue weighted by Gasteiger charge is 2.19. The molecular weight excluding hydrogens is 274 g/mol. The minimum absolute atomic E-state index is 0.968. The molecule has 0 aromatic heterocycles. The fraction of sp³-hybridized carbons (Fsp3) is 0.263. The molecule has 0 saturated heterocycles. The normalized spacial score (nSPS) is 13.9. The van der Waals surface area contributed by atoms with Crippen LogP contribution in [0.25, 0.3) is 5.57 Å². The predicted octanol–water partition coefficient (Wildman–Crippen LogP) is 4.96. The second-order valence-corrected chi connectivity index (χ2v) is 6.27. The van der Waals surface area contributed by atoms with Crippen LogP contribution in [0.3, 0.4) is 0 Å². The number of thiol groups is 1. The minimum atomic E-state index is 0.968. The Bertz CT molecular complexity index is 661. The van der Waals surface area contributed by atoms with Crippen LogP contribution < -0.4 is 4.90 Å². The molecule has 2 aromatic rings. The van der Waals surface area contributed by atoms with Gasteiger partial charge in [-0.15, -0.1) is 12.6 Å². The van der Waals surface area contributed by atoms with E-state index in [4.69, 9.17) is 0 Å². The lowest BCUT2D eigenvalue weighted by Gasteiger charge is -2.32. The van der Waals surface area contributed by atoms with E-state index in [-0.39, 0.29) is 0 Å². The highest BCUT2D eigenvalue weighted by atomic mass is 32.1. The van der Waals surface area contributed by atoms with E-state index in [1.807, 2.05) is 6.92 Å². The zero-order valence-electron chi connectivity index (χ0n) is 12.5. The average Bonchev–Trinajstić information content (AvgIpc) is 2.47. The Kier molecular flexibility index (Phi) is 4.07. The molecule has 1 nitrogen and oxygen atoms in total. The van der Waals surface area contributed by atoms with Gasteiger partial charge < -0.3 is 4.90 Å². The molecule has 0 bridgehead atoms. The van der Waals surface area contributed by atoms with Gasteiger partial charge in [-0.25, -0.2) is 0 Å². The molecule has 0 unspecified atom stereocenters. The smallest absolute Gasteiger partial charge is 0.0429 e. The van der Waals surface area contributed by atoms with Gasteiger partial charge in [-0.05, 0) is 54.2 Å². The molecule has 0 radical (unpaired) electrons. The van der Waals surface area contributed by atoms with E-state index in [0.29, 0.717) is 0 Å². The highest BCUT2D eigenvalue weighted by Crippen LogP contribution is 2.34. The summed E-state index contributed by atoms with van der Waals surface area (Å²) in [6.45, 7) is 8.21. The summed E-state index contributed by atoms with van der Waals surface area (Å²) >= 11 is 4.62. The Morgan fingerprint density at radius 1 is 1.24 bits per heavy atom. The van der Waals surface area contributed by atoms with Crippen LogP contribution in [0.15, 0.2) is 53.9 Å². The van der Waals surface area contributed by atoms with Gasteiger partial charge in [0.25, 0.3) is 0 Å². The summed E-state index contributed by atoms with van der Waals surface area (Å²) in [6.07, 6.45) is 2.35. The quantitative estimate of drug-likeness (QED) is 0.783. The Morgan fingerprint density at radius 2 is 2.00 bits per heavy atom. The third-order valence-corrected chi connectivity index (χ3v) is 4.46.